The first-order valence-corrected chi connectivity index (χ1v) is 6.98. The number of nitrogen functional groups attached to an aromatic ring is 1. The van der Waals surface area contributed by atoms with Crippen molar-refractivity contribution in [2.24, 2.45) is 0 Å². The zero-order valence-corrected chi connectivity index (χ0v) is 10.8. The fourth-order valence-electron chi connectivity index (χ4n) is 1.82. The molecule has 1 fully saturated rings. The highest BCUT2D eigenvalue weighted by Crippen LogP contribution is 2.28. The Labute approximate surface area is 113 Å². The van der Waals surface area contributed by atoms with Gasteiger partial charge >= 0.3 is 0 Å². The van der Waals surface area contributed by atoms with E-state index in [-0.39, 0.29) is 17.6 Å². The summed E-state index contributed by atoms with van der Waals surface area (Å²) in [7, 11) is 0. The summed E-state index contributed by atoms with van der Waals surface area (Å²) < 4.78 is 24.4. The van der Waals surface area contributed by atoms with Crippen LogP contribution in [0.5, 0.6) is 0 Å². The molecule has 2 heterocycles. The van der Waals surface area contributed by atoms with Crippen molar-refractivity contribution in [2.75, 3.05) is 23.8 Å². The molecule has 19 heavy (non-hydrogen) atoms. The summed E-state index contributed by atoms with van der Waals surface area (Å²) in [6.45, 7) is 0.662. The number of nitrogens with zero attached hydrogens (tertiary/aromatic N) is 2. The van der Waals surface area contributed by atoms with Crippen molar-refractivity contribution < 1.29 is 13.7 Å². The third-order valence-electron chi connectivity index (χ3n) is 2.77. The Morgan fingerprint density at radius 3 is 3.05 bits per heavy atom. The molecule has 1 aliphatic heterocycles. The zero-order valence-electron chi connectivity index (χ0n) is 10.0. The van der Waals surface area contributed by atoms with E-state index in [1.54, 1.807) is 17.8 Å². The van der Waals surface area contributed by atoms with Crippen LogP contribution in [0.4, 0.5) is 10.1 Å². The van der Waals surface area contributed by atoms with Crippen LogP contribution in [-0.4, -0.2) is 28.3 Å². The topological polar surface area (TPSA) is 74.2 Å². The van der Waals surface area contributed by atoms with E-state index in [0.717, 1.165) is 11.5 Å². The first kappa shape index (κ1) is 12.4. The van der Waals surface area contributed by atoms with Crippen LogP contribution < -0.4 is 5.73 Å². The van der Waals surface area contributed by atoms with Gasteiger partial charge in [-0.05, 0) is 18.2 Å². The van der Waals surface area contributed by atoms with Gasteiger partial charge in [-0.15, -0.1) is 0 Å². The summed E-state index contributed by atoms with van der Waals surface area (Å²) in [6.07, 6.45) is -0.187. The summed E-state index contributed by atoms with van der Waals surface area (Å²) in [5, 5.41) is 3.86. The predicted molar refractivity (Wildman–Crippen MR) is 70.1 cm³/mol. The fraction of sp³-hybridized carbons (Fsp3) is 0.333. The predicted octanol–water partition coefficient (Wildman–Crippen LogP) is 2.26. The van der Waals surface area contributed by atoms with E-state index in [1.165, 1.54) is 12.1 Å². The van der Waals surface area contributed by atoms with Gasteiger partial charge in [0.1, 0.15) is 11.9 Å². The van der Waals surface area contributed by atoms with Crippen LogP contribution >= 0.6 is 11.8 Å². The fourth-order valence-corrected chi connectivity index (χ4v) is 2.66. The minimum atomic E-state index is -0.478. The van der Waals surface area contributed by atoms with Gasteiger partial charge in [-0.1, -0.05) is 5.16 Å². The van der Waals surface area contributed by atoms with Crippen LogP contribution in [-0.2, 0) is 4.74 Å². The summed E-state index contributed by atoms with van der Waals surface area (Å²) in [5.41, 5.74) is 6.10. The van der Waals surface area contributed by atoms with E-state index in [1.807, 2.05) is 0 Å². The van der Waals surface area contributed by atoms with Crippen LogP contribution in [0.3, 0.4) is 0 Å². The van der Waals surface area contributed by atoms with Crippen molar-refractivity contribution in [3.8, 4) is 11.5 Å². The molecule has 0 radical (unpaired) electrons. The van der Waals surface area contributed by atoms with Crippen molar-refractivity contribution >= 4 is 17.4 Å². The van der Waals surface area contributed by atoms with Crippen LogP contribution in [0.1, 0.15) is 11.9 Å². The SMILES string of the molecule is Nc1ccc(-c2nc(C3CSCCO3)no2)c(F)c1. The maximum Gasteiger partial charge on any atom is 0.260 e. The molecule has 0 amide bonds. The van der Waals surface area contributed by atoms with Gasteiger partial charge in [-0.3, -0.25) is 0 Å². The highest BCUT2D eigenvalue weighted by Gasteiger charge is 2.23. The number of anilines is 1. The number of ether oxygens (including phenoxy) is 1. The van der Waals surface area contributed by atoms with Gasteiger partial charge in [0, 0.05) is 17.2 Å². The largest absolute Gasteiger partial charge is 0.399 e. The lowest BCUT2D eigenvalue weighted by Gasteiger charge is -2.18. The highest BCUT2D eigenvalue weighted by atomic mass is 32.2. The van der Waals surface area contributed by atoms with Crippen LogP contribution in [0.25, 0.3) is 11.5 Å². The van der Waals surface area contributed by atoms with E-state index in [2.05, 4.69) is 10.1 Å². The molecular formula is C12H12FN3O2S. The standard InChI is InChI=1S/C12H12FN3O2S/c13-9-5-7(14)1-2-8(9)12-15-11(16-18-12)10-6-19-4-3-17-10/h1-2,5,10H,3-4,6,14H2. The van der Waals surface area contributed by atoms with E-state index in [9.17, 15) is 4.39 Å². The Hall–Kier alpha value is -1.60. The van der Waals surface area contributed by atoms with Gasteiger partial charge in [-0.2, -0.15) is 16.7 Å². The molecule has 1 aromatic heterocycles. The molecule has 3 rings (SSSR count). The van der Waals surface area contributed by atoms with Crippen molar-refractivity contribution in [3.05, 3.63) is 29.8 Å². The maximum absolute atomic E-state index is 13.7. The second-order valence-electron chi connectivity index (χ2n) is 4.13. The van der Waals surface area contributed by atoms with E-state index >= 15 is 0 Å². The van der Waals surface area contributed by atoms with Gasteiger partial charge < -0.3 is 15.0 Å². The number of benzene rings is 1. The summed E-state index contributed by atoms with van der Waals surface area (Å²) in [5.74, 6) is 1.87. The molecule has 2 N–H and O–H groups in total. The quantitative estimate of drug-likeness (QED) is 0.851. The number of hydrogen-bond acceptors (Lipinski definition) is 6. The second-order valence-corrected chi connectivity index (χ2v) is 5.28. The molecule has 1 atom stereocenters. The molecule has 1 unspecified atom stereocenters. The lowest BCUT2D eigenvalue weighted by molar-refractivity contribution is 0.0677. The normalized spacial score (nSPS) is 19.5. The average molecular weight is 281 g/mol. The van der Waals surface area contributed by atoms with Gasteiger partial charge in [0.05, 0.1) is 12.2 Å². The van der Waals surface area contributed by atoms with E-state index in [0.29, 0.717) is 18.1 Å². The minimum absolute atomic E-state index is 0.145. The molecule has 0 spiro atoms. The maximum atomic E-state index is 13.7. The van der Waals surface area contributed by atoms with Crippen molar-refractivity contribution in [2.45, 2.75) is 6.10 Å². The smallest absolute Gasteiger partial charge is 0.260 e. The Kier molecular flexibility index (Phi) is 3.39. The molecule has 5 nitrogen and oxygen atoms in total. The number of rotatable bonds is 2. The number of aromatic nitrogens is 2. The van der Waals surface area contributed by atoms with Crippen LogP contribution in [0.2, 0.25) is 0 Å². The molecule has 0 bridgehead atoms. The molecule has 100 valence electrons. The molecule has 0 aliphatic carbocycles. The number of thioether (sulfide) groups is 1. The molecule has 2 aromatic rings. The van der Waals surface area contributed by atoms with Gasteiger partial charge in [0.15, 0.2) is 0 Å². The Balaban J connectivity index is 1.87. The molecule has 1 aromatic carbocycles. The lowest BCUT2D eigenvalue weighted by Crippen LogP contribution is -2.16. The Morgan fingerprint density at radius 1 is 1.42 bits per heavy atom. The molecule has 7 heteroatoms. The second kappa shape index (κ2) is 5.18. The van der Waals surface area contributed by atoms with Crippen molar-refractivity contribution in [1.82, 2.24) is 10.1 Å². The number of hydrogen-bond donors (Lipinski definition) is 1. The molecule has 1 aliphatic rings. The highest BCUT2D eigenvalue weighted by molar-refractivity contribution is 7.99. The Morgan fingerprint density at radius 2 is 2.32 bits per heavy atom. The third-order valence-corrected chi connectivity index (χ3v) is 3.76. The summed E-state index contributed by atoms with van der Waals surface area (Å²) in [4.78, 5) is 4.20. The third kappa shape index (κ3) is 2.57. The molecular weight excluding hydrogens is 269 g/mol. The number of halogens is 1. The molecule has 1 saturated heterocycles. The van der Waals surface area contributed by atoms with Crippen molar-refractivity contribution in [1.29, 1.82) is 0 Å². The Bertz CT molecular complexity index is 584. The van der Waals surface area contributed by atoms with Gasteiger partial charge in [-0.25, -0.2) is 4.39 Å². The van der Waals surface area contributed by atoms with Crippen LogP contribution in [0.15, 0.2) is 22.7 Å². The van der Waals surface area contributed by atoms with Gasteiger partial charge in [0.25, 0.3) is 5.89 Å². The average Bonchev–Trinajstić information content (AvgIpc) is 2.89. The monoisotopic (exact) mass is 281 g/mol. The van der Waals surface area contributed by atoms with E-state index in [4.69, 9.17) is 15.0 Å². The summed E-state index contributed by atoms with van der Waals surface area (Å²) >= 11 is 1.77. The zero-order chi connectivity index (χ0) is 13.2. The minimum Gasteiger partial charge on any atom is -0.399 e. The molecule has 0 saturated carbocycles. The first-order valence-electron chi connectivity index (χ1n) is 5.82. The first-order chi connectivity index (χ1) is 9.24. The lowest BCUT2D eigenvalue weighted by atomic mass is 10.2. The van der Waals surface area contributed by atoms with Crippen molar-refractivity contribution in [3.63, 3.8) is 0 Å². The number of nitrogens with two attached hydrogens (primary N) is 1. The van der Waals surface area contributed by atoms with Crippen LogP contribution in [0, 0.1) is 5.82 Å². The van der Waals surface area contributed by atoms with Gasteiger partial charge in [0.2, 0.25) is 5.82 Å². The van der Waals surface area contributed by atoms with E-state index < -0.39 is 5.82 Å². The summed E-state index contributed by atoms with van der Waals surface area (Å²) in [6, 6.07) is 4.35.